The van der Waals surface area contributed by atoms with E-state index in [2.05, 4.69) is 21.2 Å². The maximum atomic E-state index is 13.8. The minimum atomic E-state index is -1.09. The Morgan fingerprint density at radius 1 is 1.15 bits per heavy atom. The number of phenolic OH excluding ortho intramolecular Hbond substituents is 1. The van der Waals surface area contributed by atoms with E-state index in [-0.39, 0.29) is 37.6 Å². The van der Waals surface area contributed by atoms with E-state index in [1.165, 1.54) is 25.8 Å². The van der Waals surface area contributed by atoms with Gasteiger partial charge in [0.05, 0.1) is 25.3 Å². The molecule has 6 heterocycles. The van der Waals surface area contributed by atoms with E-state index in [1.54, 1.807) is 0 Å². The number of thioether (sulfide) groups is 1. The molecule has 15 heteroatoms. The zero-order valence-electron chi connectivity index (χ0n) is 30.6. The number of piperidine rings is 1. The monoisotopic (exact) mass is 758 g/mol. The molecule has 0 radical (unpaired) electrons. The molecule has 54 heavy (non-hydrogen) atoms. The minimum absolute atomic E-state index is 0.0129. The molecule has 14 nitrogen and oxygen atoms in total. The lowest BCUT2D eigenvalue weighted by atomic mass is 9.66. The van der Waals surface area contributed by atoms with Crippen LogP contribution >= 0.6 is 11.8 Å². The summed E-state index contributed by atoms with van der Waals surface area (Å²) in [7, 11) is 3.49. The van der Waals surface area contributed by atoms with E-state index < -0.39 is 65.5 Å². The van der Waals surface area contributed by atoms with E-state index in [1.807, 2.05) is 57.3 Å². The maximum absolute atomic E-state index is 13.8. The van der Waals surface area contributed by atoms with Crippen LogP contribution in [0.15, 0.2) is 59.1 Å². The highest BCUT2D eigenvalue weighted by Crippen LogP contribution is 2.59. The summed E-state index contributed by atoms with van der Waals surface area (Å²) in [5.41, 5.74) is 4.60. The van der Waals surface area contributed by atoms with E-state index in [4.69, 9.17) is 28.4 Å². The van der Waals surface area contributed by atoms with Gasteiger partial charge in [0, 0.05) is 52.6 Å². The van der Waals surface area contributed by atoms with Crippen LogP contribution in [0.25, 0.3) is 0 Å². The Labute approximate surface area is 316 Å². The molecule has 2 aromatic rings. The van der Waals surface area contributed by atoms with Crippen LogP contribution < -0.4 is 10.1 Å². The fraction of sp³-hybridized carbons (Fsp3) is 0.487. The zero-order valence-corrected chi connectivity index (χ0v) is 31.4. The predicted molar refractivity (Wildman–Crippen MR) is 193 cm³/mol. The Hall–Kier alpha value is -4.91. The largest absolute Gasteiger partial charge is 0.504 e. The summed E-state index contributed by atoms with van der Waals surface area (Å²) in [6.45, 7) is 4.87. The Kier molecular flexibility index (Phi) is 9.40. The van der Waals surface area contributed by atoms with Gasteiger partial charge in [0.1, 0.15) is 31.4 Å². The summed E-state index contributed by atoms with van der Waals surface area (Å²) in [4.78, 5) is 44.1. The quantitative estimate of drug-likeness (QED) is 0.335. The lowest BCUT2D eigenvalue weighted by Crippen LogP contribution is -2.75. The van der Waals surface area contributed by atoms with Crippen molar-refractivity contribution in [2.24, 2.45) is 5.92 Å². The Morgan fingerprint density at radius 3 is 2.63 bits per heavy atom. The lowest BCUT2D eigenvalue weighted by Gasteiger charge is -2.64. The van der Waals surface area contributed by atoms with Gasteiger partial charge in [0.25, 0.3) is 0 Å². The molecular weight excluding hydrogens is 717 g/mol. The number of rotatable bonds is 5. The molecule has 5 fully saturated rings. The molecule has 0 spiro atoms. The van der Waals surface area contributed by atoms with Crippen molar-refractivity contribution < 1.29 is 47.9 Å². The Balaban J connectivity index is 1.27. The van der Waals surface area contributed by atoms with Crippen molar-refractivity contribution in [3.8, 4) is 17.6 Å². The first-order chi connectivity index (χ1) is 26.0. The number of benzene rings is 2. The molecule has 5 saturated heterocycles. The minimum Gasteiger partial charge on any atom is -0.504 e. The van der Waals surface area contributed by atoms with Crippen LogP contribution in [-0.2, 0) is 46.3 Å². The van der Waals surface area contributed by atoms with Crippen molar-refractivity contribution in [3.05, 3.63) is 81.3 Å². The number of nitriles is 1. The number of fused-ring (bicyclic) bond motifs is 10. The number of methoxy groups -OCH3 is 1. The molecule has 7 aliphatic rings. The smallest absolute Gasteiger partial charge is 0.408 e. The summed E-state index contributed by atoms with van der Waals surface area (Å²) < 4.78 is 35.6. The van der Waals surface area contributed by atoms with Crippen LogP contribution in [0.4, 0.5) is 4.79 Å². The molecule has 0 aromatic heterocycles. The number of ether oxygens (including phenoxy) is 6. The number of aryl methyl sites for hydroxylation is 1. The normalized spacial score (nSPS) is 31.3. The van der Waals surface area contributed by atoms with Crippen molar-refractivity contribution >= 4 is 29.8 Å². The van der Waals surface area contributed by atoms with Gasteiger partial charge >= 0.3 is 18.0 Å². The second-order valence-electron chi connectivity index (χ2n) is 14.5. The molecular formula is C39H42N4O10S. The third-order valence-corrected chi connectivity index (χ3v) is 13.1. The average molecular weight is 759 g/mol. The summed E-state index contributed by atoms with van der Waals surface area (Å²) in [6, 6.07) is 10.1. The third-order valence-electron chi connectivity index (χ3n) is 11.6. The molecule has 2 aromatic carbocycles. The van der Waals surface area contributed by atoms with Crippen molar-refractivity contribution in [1.82, 2.24) is 15.1 Å². The number of phenols is 1. The number of likely N-dealkylation sites (N-methyl/N-ethyl adjacent to an activating group) is 1. The van der Waals surface area contributed by atoms with Gasteiger partial charge in [-0.25, -0.2) is 9.59 Å². The van der Waals surface area contributed by atoms with E-state index in [0.717, 1.165) is 22.3 Å². The molecule has 284 valence electrons. The highest BCUT2D eigenvalue weighted by atomic mass is 32.2. The SMILES string of the molecule is COc1c(C)cc2c(c1O)[C@@H]1C3[C@@H]4SC[C@H](NC(=O)OCc5ccccc5)C(=O)OC[C@@H](C5=C6OCOC6=C(C)C(OC(C)=O)C54)N3C(C#N)[C@H](C2)N1C. The summed E-state index contributed by atoms with van der Waals surface area (Å²) in [5, 5.41) is 25.2. The highest BCUT2D eigenvalue weighted by Gasteiger charge is 2.64. The van der Waals surface area contributed by atoms with Crippen LogP contribution in [0.5, 0.6) is 11.5 Å². The van der Waals surface area contributed by atoms with Crippen molar-refractivity contribution in [2.45, 2.75) is 81.4 Å². The van der Waals surface area contributed by atoms with Crippen molar-refractivity contribution in [1.29, 1.82) is 5.26 Å². The zero-order chi connectivity index (χ0) is 38.0. The number of aromatic hydroxyl groups is 1. The van der Waals surface area contributed by atoms with Crippen molar-refractivity contribution in [2.75, 3.05) is 33.3 Å². The second-order valence-corrected chi connectivity index (χ2v) is 15.7. The highest BCUT2D eigenvalue weighted by molar-refractivity contribution is 8.00. The number of alkyl carbamates (subject to hydrolysis) is 1. The average Bonchev–Trinajstić information content (AvgIpc) is 3.64. The number of nitrogens with one attached hydrogen (secondary N) is 1. The van der Waals surface area contributed by atoms with Gasteiger partial charge in [-0.1, -0.05) is 36.4 Å². The van der Waals surface area contributed by atoms with E-state index in [0.29, 0.717) is 34.8 Å². The fourth-order valence-corrected chi connectivity index (χ4v) is 11.1. The number of nitrogens with zero attached hydrogens (tertiary/aromatic N) is 3. The number of carbonyl (C=O) groups excluding carboxylic acids is 3. The van der Waals surface area contributed by atoms with Gasteiger partial charge < -0.3 is 38.8 Å². The van der Waals surface area contributed by atoms with Crippen molar-refractivity contribution in [3.63, 3.8) is 0 Å². The summed E-state index contributed by atoms with van der Waals surface area (Å²) in [6.07, 6.45) is -1.08. The first-order valence-corrected chi connectivity index (χ1v) is 19.0. The Bertz CT molecular complexity index is 2000. The number of carbonyl (C=O) groups is 3. The molecule has 1 aliphatic carbocycles. The maximum Gasteiger partial charge on any atom is 0.408 e. The van der Waals surface area contributed by atoms with Gasteiger partial charge in [0.15, 0.2) is 23.0 Å². The summed E-state index contributed by atoms with van der Waals surface area (Å²) in [5.74, 6) is -0.241. The van der Waals surface area contributed by atoms with Crippen LogP contribution in [0.2, 0.25) is 0 Å². The standard InChI is InChI=1S/C39H42N4O10S/c1-18-11-22-12-24-25(13-40)43-26-15-49-38(46)23(41-39(47)50-14-21-9-7-6-8-10-21)16-54-37(31(43)30(42(24)4)27(22)32(45)33(18)48-5)29-28(26)36-35(51-17-52-36)19(2)34(29)53-20(3)44/h6-11,23-26,29-31,34,37,45H,12,14-17H2,1-5H3,(H,41,47)/t23-,24-,25?,26-,29?,30+,31?,34?,37+/m0/s1. The second kappa shape index (κ2) is 14.1. The van der Waals surface area contributed by atoms with Gasteiger partial charge in [-0.05, 0) is 44.0 Å². The van der Waals surface area contributed by atoms with Gasteiger partial charge in [-0.3, -0.25) is 14.6 Å². The van der Waals surface area contributed by atoms with Crippen LogP contribution in [0.1, 0.15) is 42.1 Å². The van der Waals surface area contributed by atoms with E-state index in [9.17, 15) is 24.8 Å². The first-order valence-electron chi connectivity index (χ1n) is 18.0. The van der Waals surface area contributed by atoms with Crippen LogP contribution in [0, 0.1) is 24.2 Å². The molecule has 2 N–H and O–H groups in total. The third kappa shape index (κ3) is 5.73. The topological polar surface area (TPSA) is 169 Å². The van der Waals surface area contributed by atoms with Gasteiger partial charge in [0.2, 0.25) is 6.79 Å². The lowest BCUT2D eigenvalue weighted by molar-refractivity contribution is -0.154. The number of hydrogen-bond donors (Lipinski definition) is 2. The number of amides is 1. The van der Waals surface area contributed by atoms with Crippen LogP contribution in [0.3, 0.4) is 0 Å². The molecule has 9 rings (SSSR count). The fourth-order valence-electron chi connectivity index (χ4n) is 9.46. The van der Waals surface area contributed by atoms with E-state index >= 15 is 0 Å². The molecule has 1 amide bonds. The molecule has 0 saturated carbocycles. The van der Waals surface area contributed by atoms with Gasteiger partial charge in [-0.15, -0.1) is 0 Å². The predicted octanol–water partition coefficient (Wildman–Crippen LogP) is 3.61. The first kappa shape index (κ1) is 36.1. The molecule has 9 atom stereocenters. The number of esters is 2. The molecule has 4 unspecified atom stereocenters. The number of piperazine rings is 1. The summed E-state index contributed by atoms with van der Waals surface area (Å²) >= 11 is 1.41. The van der Waals surface area contributed by atoms with Gasteiger partial charge in [-0.2, -0.15) is 17.0 Å². The number of hydrogen-bond acceptors (Lipinski definition) is 14. The molecule has 4 bridgehead atoms. The molecule has 6 aliphatic heterocycles. The van der Waals surface area contributed by atoms with Crippen LogP contribution in [-0.4, -0.2) is 108 Å². The Morgan fingerprint density at radius 2 is 1.91 bits per heavy atom.